The Labute approximate surface area is 158 Å². The highest BCUT2D eigenvalue weighted by Crippen LogP contribution is 2.33. The van der Waals surface area contributed by atoms with Crippen LogP contribution in [0.3, 0.4) is 0 Å². The molecule has 4 rings (SSSR count). The van der Waals surface area contributed by atoms with E-state index in [0.29, 0.717) is 19.2 Å². The number of ether oxygens (including phenoxy) is 2. The van der Waals surface area contributed by atoms with Crippen LogP contribution >= 0.6 is 11.6 Å². The molecule has 0 saturated carbocycles. The predicted molar refractivity (Wildman–Crippen MR) is 102 cm³/mol. The molecule has 7 heteroatoms. The molecule has 0 amide bonds. The molecule has 1 aromatic heterocycles. The molecule has 0 radical (unpaired) electrons. The Hall–Kier alpha value is -1.89. The SMILES string of the molecule is Cc1cc(N2CCC3(CC2)OCCO3)nc(Nc2ccc(Cl)cc2C)n1. The van der Waals surface area contributed by atoms with Crippen LogP contribution in [-0.4, -0.2) is 42.1 Å². The van der Waals surface area contributed by atoms with Crippen LogP contribution in [-0.2, 0) is 9.47 Å². The van der Waals surface area contributed by atoms with Crippen LogP contribution in [0.4, 0.5) is 17.5 Å². The topological polar surface area (TPSA) is 59.5 Å². The summed E-state index contributed by atoms with van der Waals surface area (Å²) in [6.45, 7) is 7.10. The summed E-state index contributed by atoms with van der Waals surface area (Å²) >= 11 is 6.04. The molecule has 1 spiro atoms. The number of aromatic nitrogens is 2. The van der Waals surface area contributed by atoms with Gasteiger partial charge in [-0.1, -0.05) is 11.6 Å². The maximum absolute atomic E-state index is 6.04. The Morgan fingerprint density at radius 1 is 1.08 bits per heavy atom. The van der Waals surface area contributed by atoms with Gasteiger partial charge >= 0.3 is 0 Å². The fraction of sp³-hybridized carbons (Fsp3) is 0.474. The minimum Gasteiger partial charge on any atom is -0.356 e. The summed E-state index contributed by atoms with van der Waals surface area (Å²) in [5, 5.41) is 4.03. The van der Waals surface area contributed by atoms with E-state index < -0.39 is 0 Å². The molecule has 1 aromatic carbocycles. The van der Waals surface area contributed by atoms with Crippen molar-refractivity contribution in [3.05, 3.63) is 40.5 Å². The fourth-order valence-corrected chi connectivity index (χ4v) is 3.75. The van der Waals surface area contributed by atoms with E-state index in [1.165, 1.54) is 0 Å². The number of nitrogens with one attached hydrogen (secondary N) is 1. The molecule has 2 fully saturated rings. The van der Waals surface area contributed by atoms with E-state index >= 15 is 0 Å². The molecular formula is C19H23ClN4O2. The number of nitrogens with zero attached hydrogens (tertiary/aromatic N) is 3. The van der Waals surface area contributed by atoms with Crippen LogP contribution in [0.15, 0.2) is 24.3 Å². The molecule has 6 nitrogen and oxygen atoms in total. The lowest BCUT2D eigenvalue weighted by molar-refractivity contribution is -0.169. The molecule has 2 saturated heterocycles. The van der Waals surface area contributed by atoms with Crippen LogP contribution in [0.5, 0.6) is 0 Å². The molecular weight excluding hydrogens is 352 g/mol. The molecule has 0 bridgehead atoms. The van der Waals surface area contributed by atoms with Gasteiger partial charge in [0, 0.05) is 48.4 Å². The lowest BCUT2D eigenvalue weighted by atomic mass is 10.0. The highest BCUT2D eigenvalue weighted by Gasteiger charge is 2.40. The van der Waals surface area contributed by atoms with Gasteiger partial charge in [0.25, 0.3) is 0 Å². The summed E-state index contributed by atoms with van der Waals surface area (Å²) in [4.78, 5) is 11.5. The van der Waals surface area contributed by atoms with Crippen LogP contribution in [0.2, 0.25) is 5.02 Å². The average molecular weight is 375 g/mol. The first kappa shape index (κ1) is 17.5. The lowest BCUT2D eigenvalue weighted by Gasteiger charge is -2.38. The maximum Gasteiger partial charge on any atom is 0.229 e. The number of rotatable bonds is 3. The van der Waals surface area contributed by atoms with Crippen LogP contribution in [0, 0.1) is 13.8 Å². The third kappa shape index (κ3) is 3.63. The van der Waals surface area contributed by atoms with E-state index in [4.69, 9.17) is 26.1 Å². The molecule has 138 valence electrons. The first-order valence-electron chi connectivity index (χ1n) is 8.95. The molecule has 0 aliphatic carbocycles. The second-order valence-electron chi connectivity index (χ2n) is 6.87. The smallest absolute Gasteiger partial charge is 0.229 e. The van der Waals surface area contributed by atoms with E-state index in [2.05, 4.69) is 15.2 Å². The van der Waals surface area contributed by atoms with Crippen molar-refractivity contribution in [2.75, 3.05) is 36.5 Å². The Balaban J connectivity index is 1.51. The van der Waals surface area contributed by atoms with Crippen molar-refractivity contribution in [1.82, 2.24) is 9.97 Å². The summed E-state index contributed by atoms with van der Waals surface area (Å²) in [7, 11) is 0. The van der Waals surface area contributed by atoms with Crippen molar-refractivity contribution in [3.63, 3.8) is 0 Å². The first-order chi connectivity index (χ1) is 12.5. The molecule has 2 aromatic rings. The zero-order valence-electron chi connectivity index (χ0n) is 15.1. The number of hydrogen-bond acceptors (Lipinski definition) is 6. The van der Waals surface area contributed by atoms with Crippen LogP contribution < -0.4 is 10.2 Å². The van der Waals surface area contributed by atoms with Gasteiger partial charge in [0.15, 0.2) is 5.79 Å². The van der Waals surface area contributed by atoms with E-state index in [1.54, 1.807) is 0 Å². The molecule has 1 N–H and O–H groups in total. The Bertz CT molecular complexity index is 798. The first-order valence-corrected chi connectivity index (χ1v) is 9.33. The largest absolute Gasteiger partial charge is 0.356 e. The predicted octanol–water partition coefficient (Wildman–Crippen LogP) is 3.83. The van der Waals surface area contributed by atoms with Crippen LogP contribution in [0.25, 0.3) is 0 Å². The average Bonchev–Trinajstić information content (AvgIpc) is 3.06. The standard InChI is InChI=1S/C19H23ClN4O2/c1-13-11-15(20)3-4-16(13)22-18-21-14(2)12-17(23-18)24-7-5-19(6-8-24)25-9-10-26-19/h3-4,11-12H,5-10H2,1-2H3,(H,21,22,23). The summed E-state index contributed by atoms with van der Waals surface area (Å²) < 4.78 is 11.6. The van der Waals surface area contributed by atoms with Gasteiger partial charge in [-0.25, -0.2) is 4.98 Å². The number of piperidine rings is 1. The summed E-state index contributed by atoms with van der Waals surface area (Å²) in [6.07, 6.45) is 1.71. The highest BCUT2D eigenvalue weighted by atomic mass is 35.5. The number of anilines is 3. The van der Waals surface area contributed by atoms with Crippen molar-refractivity contribution in [1.29, 1.82) is 0 Å². The van der Waals surface area contributed by atoms with Crippen molar-refractivity contribution < 1.29 is 9.47 Å². The van der Waals surface area contributed by atoms with E-state index in [1.807, 2.05) is 38.1 Å². The highest BCUT2D eigenvalue weighted by molar-refractivity contribution is 6.30. The van der Waals surface area contributed by atoms with Gasteiger partial charge in [-0.15, -0.1) is 0 Å². The number of benzene rings is 1. The minimum atomic E-state index is -0.375. The molecule has 0 atom stereocenters. The van der Waals surface area contributed by atoms with E-state index in [0.717, 1.165) is 53.7 Å². The normalized spacial score (nSPS) is 19.1. The van der Waals surface area contributed by atoms with Crippen molar-refractivity contribution in [3.8, 4) is 0 Å². The number of halogens is 1. The monoisotopic (exact) mass is 374 g/mol. The summed E-state index contributed by atoms with van der Waals surface area (Å²) in [5.74, 6) is 1.15. The van der Waals surface area contributed by atoms with Gasteiger partial charge in [0.2, 0.25) is 5.95 Å². The van der Waals surface area contributed by atoms with Crippen molar-refractivity contribution >= 4 is 29.1 Å². The fourth-order valence-electron chi connectivity index (χ4n) is 3.52. The zero-order valence-corrected chi connectivity index (χ0v) is 15.8. The third-order valence-corrected chi connectivity index (χ3v) is 5.17. The van der Waals surface area contributed by atoms with Crippen molar-refractivity contribution in [2.45, 2.75) is 32.5 Å². The molecule has 0 unspecified atom stereocenters. The van der Waals surface area contributed by atoms with E-state index in [-0.39, 0.29) is 5.79 Å². The quantitative estimate of drug-likeness (QED) is 0.881. The second-order valence-corrected chi connectivity index (χ2v) is 7.31. The van der Waals surface area contributed by atoms with E-state index in [9.17, 15) is 0 Å². The van der Waals surface area contributed by atoms with Gasteiger partial charge in [-0.3, -0.25) is 0 Å². The number of hydrogen-bond donors (Lipinski definition) is 1. The van der Waals surface area contributed by atoms with Gasteiger partial charge in [0.1, 0.15) is 5.82 Å². The summed E-state index contributed by atoms with van der Waals surface area (Å²) in [6, 6.07) is 7.75. The minimum absolute atomic E-state index is 0.375. The molecule has 2 aliphatic heterocycles. The van der Waals surface area contributed by atoms with Gasteiger partial charge in [0.05, 0.1) is 13.2 Å². The summed E-state index contributed by atoms with van der Waals surface area (Å²) in [5.41, 5.74) is 2.94. The Morgan fingerprint density at radius 2 is 1.81 bits per heavy atom. The lowest BCUT2D eigenvalue weighted by Crippen LogP contribution is -2.45. The zero-order chi connectivity index (χ0) is 18.1. The number of aryl methyl sites for hydroxylation is 2. The molecule has 2 aliphatic rings. The molecule has 26 heavy (non-hydrogen) atoms. The van der Waals surface area contributed by atoms with Crippen LogP contribution in [0.1, 0.15) is 24.1 Å². The van der Waals surface area contributed by atoms with Gasteiger partial charge in [-0.2, -0.15) is 4.98 Å². The second kappa shape index (κ2) is 7.02. The molecule has 3 heterocycles. The third-order valence-electron chi connectivity index (χ3n) is 4.94. The van der Waals surface area contributed by atoms with Gasteiger partial charge < -0.3 is 19.7 Å². The van der Waals surface area contributed by atoms with Crippen molar-refractivity contribution in [2.24, 2.45) is 0 Å². The van der Waals surface area contributed by atoms with Gasteiger partial charge in [-0.05, 0) is 37.6 Å². The maximum atomic E-state index is 6.04. The Kier molecular flexibility index (Phi) is 4.73. The Morgan fingerprint density at radius 3 is 2.50 bits per heavy atom.